The fourth-order valence-electron chi connectivity index (χ4n) is 2.96. The fraction of sp³-hybridized carbons (Fsp3) is 0.190. The van der Waals surface area contributed by atoms with Crippen LogP contribution < -0.4 is 16.4 Å². The summed E-state index contributed by atoms with van der Waals surface area (Å²) in [5.41, 5.74) is 1.91. The van der Waals surface area contributed by atoms with E-state index in [4.69, 9.17) is 0 Å². The second kappa shape index (κ2) is 7.86. The highest BCUT2D eigenvalue weighted by molar-refractivity contribution is 5.92. The predicted molar refractivity (Wildman–Crippen MR) is 105 cm³/mol. The van der Waals surface area contributed by atoms with E-state index in [0.29, 0.717) is 5.69 Å². The van der Waals surface area contributed by atoms with Crippen molar-refractivity contribution in [3.8, 4) is 5.69 Å². The summed E-state index contributed by atoms with van der Waals surface area (Å²) in [6, 6.07) is 14.7. The summed E-state index contributed by atoms with van der Waals surface area (Å²) in [5, 5.41) is 2.86. The Bertz CT molecular complexity index is 1080. The van der Waals surface area contributed by atoms with Crippen LogP contribution in [0.15, 0.2) is 70.5 Å². The molecule has 0 fully saturated rings. The van der Waals surface area contributed by atoms with Gasteiger partial charge in [-0.25, -0.2) is 0 Å². The Balaban J connectivity index is 1.85. The van der Waals surface area contributed by atoms with E-state index in [1.165, 1.54) is 17.0 Å². The Kier molecular flexibility index (Phi) is 5.35. The molecule has 0 saturated heterocycles. The predicted octanol–water partition coefficient (Wildman–Crippen LogP) is 2.51. The van der Waals surface area contributed by atoms with E-state index in [0.717, 1.165) is 27.8 Å². The highest BCUT2D eigenvalue weighted by Crippen LogP contribution is 2.20. The van der Waals surface area contributed by atoms with Crippen LogP contribution in [0.1, 0.15) is 18.1 Å². The van der Waals surface area contributed by atoms with E-state index < -0.39 is 11.1 Å². The molecule has 6 heteroatoms. The third-order valence-corrected chi connectivity index (χ3v) is 4.41. The van der Waals surface area contributed by atoms with Gasteiger partial charge in [-0.15, -0.1) is 0 Å². The summed E-state index contributed by atoms with van der Waals surface area (Å²) in [5.74, 6) is -0.349. The van der Waals surface area contributed by atoms with Crippen molar-refractivity contribution >= 4 is 11.6 Å². The summed E-state index contributed by atoms with van der Waals surface area (Å²) in [6.07, 6.45) is 3.73. The maximum Gasteiger partial charge on any atom is 0.320 e. The lowest BCUT2D eigenvalue weighted by Gasteiger charge is -2.14. The van der Waals surface area contributed by atoms with Crippen LogP contribution in [0, 0.1) is 6.92 Å². The van der Waals surface area contributed by atoms with Crippen LogP contribution in [0.4, 0.5) is 5.69 Å². The van der Waals surface area contributed by atoms with Crippen molar-refractivity contribution in [3.05, 3.63) is 92.8 Å². The number of carbonyl (C=O) groups excluding carboxylic acids is 1. The van der Waals surface area contributed by atoms with Gasteiger partial charge in [-0.2, -0.15) is 0 Å². The number of amides is 1. The fourth-order valence-corrected chi connectivity index (χ4v) is 2.96. The number of benzene rings is 2. The number of nitrogens with zero attached hydrogens (tertiary/aromatic N) is 2. The number of para-hydroxylation sites is 2. The third-order valence-electron chi connectivity index (χ3n) is 4.41. The van der Waals surface area contributed by atoms with Gasteiger partial charge in [0.2, 0.25) is 5.91 Å². The number of carbonyl (C=O) groups is 1. The smallest absolute Gasteiger partial charge is 0.320 e. The van der Waals surface area contributed by atoms with Crippen LogP contribution in [0.2, 0.25) is 0 Å². The maximum atomic E-state index is 12.4. The van der Waals surface area contributed by atoms with Crippen molar-refractivity contribution in [1.29, 1.82) is 0 Å². The maximum absolute atomic E-state index is 12.4. The molecule has 0 aliphatic carbocycles. The molecule has 0 saturated carbocycles. The van der Waals surface area contributed by atoms with Gasteiger partial charge >= 0.3 is 11.1 Å². The lowest BCUT2D eigenvalue weighted by molar-refractivity contribution is -0.116. The minimum Gasteiger partial charge on any atom is -0.324 e. The summed E-state index contributed by atoms with van der Waals surface area (Å²) in [4.78, 5) is 37.2. The van der Waals surface area contributed by atoms with Crippen molar-refractivity contribution in [2.24, 2.45) is 0 Å². The van der Waals surface area contributed by atoms with E-state index in [2.05, 4.69) is 5.32 Å². The first kappa shape index (κ1) is 18.4. The minimum atomic E-state index is -0.739. The van der Waals surface area contributed by atoms with E-state index >= 15 is 0 Å². The molecular formula is C21H21N3O3. The minimum absolute atomic E-state index is 0.221. The Morgan fingerprint density at radius 1 is 0.963 bits per heavy atom. The number of hydrogen-bond acceptors (Lipinski definition) is 3. The zero-order valence-corrected chi connectivity index (χ0v) is 15.3. The number of nitrogens with one attached hydrogen (secondary N) is 1. The van der Waals surface area contributed by atoms with Gasteiger partial charge in [0.15, 0.2) is 0 Å². The molecule has 27 heavy (non-hydrogen) atoms. The van der Waals surface area contributed by atoms with Crippen LogP contribution in [-0.2, 0) is 17.8 Å². The van der Waals surface area contributed by atoms with Crippen LogP contribution in [0.3, 0.4) is 0 Å². The average Bonchev–Trinajstić information content (AvgIpc) is 2.68. The number of hydrogen-bond donors (Lipinski definition) is 1. The SMILES string of the molecule is CCc1cccc(C)c1NC(=O)Cn1ccn(-c2ccccc2)c(=O)c1=O. The van der Waals surface area contributed by atoms with E-state index in [9.17, 15) is 14.4 Å². The molecule has 0 unspecified atom stereocenters. The Morgan fingerprint density at radius 2 is 1.70 bits per heavy atom. The molecule has 6 nitrogen and oxygen atoms in total. The molecule has 1 heterocycles. The first-order valence-corrected chi connectivity index (χ1v) is 8.77. The molecule has 2 aromatic carbocycles. The van der Waals surface area contributed by atoms with Gasteiger partial charge in [0, 0.05) is 23.8 Å². The Labute approximate surface area is 156 Å². The molecule has 0 atom stereocenters. The number of aromatic nitrogens is 2. The summed E-state index contributed by atoms with van der Waals surface area (Å²) in [7, 11) is 0. The van der Waals surface area contributed by atoms with E-state index in [1.807, 2.05) is 38.1 Å². The normalized spacial score (nSPS) is 10.6. The summed E-state index contributed by atoms with van der Waals surface area (Å²) >= 11 is 0. The lowest BCUT2D eigenvalue weighted by Crippen LogP contribution is -2.41. The lowest BCUT2D eigenvalue weighted by atomic mass is 10.1. The number of anilines is 1. The molecule has 0 aliphatic rings. The van der Waals surface area contributed by atoms with Crippen LogP contribution in [0.25, 0.3) is 5.69 Å². The zero-order valence-electron chi connectivity index (χ0n) is 15.3. The van der Waals surface area contributed by atoms with Crippen molar-refractivity contribution in [3.63, 3.8) is 0 Å². The molecule has 0 radical (unpaired) electrons. The van der Waals surface area contributed by atoms with Gasteiger partial charge in [-0.05, 0) is 36.6 Å². The Hall–Kier alpha value is -3.41. The highest BCUT2D eigenvalue weighted by atomic mass is 16.2. The molecule has 1 amide bonds. The largest absolute Gasteiger partial charge is 0.324 e. The third kappa shape index (κ3) is 3.89. The number of rotatable bonds is 5. The molecule has 3 aromatic rings. The van der Waals surface area contributed by atoms with Crippen LogP contribution in [0.5, 0.6) is 0 Å². The molecule has 138 valence electrons. The van der Waals surface area contributed by atoms with E-state index in [-0.39, 0.29) is 12.5 Å². The van der Waals surface area contributed by atoms with Gasteiger partial charge in [0.25, 0.3) is 0 Å². The van der Waals surface area contributed by atoms with Gasteiger partial charge in [-0.1, -0.05) is 43.3 Å². The molecular weight excluding hydrogens is 342 g/mol. The molecule has 3 rings (SSSR count). The van der Waals surface area contributed by atoms with Crippen molar-refractivity contribution in [2.45, 2.75) is 26.8 Å². The quantitative estimate of drug-likeness (QED) is 0.708. The van der Waals surface area contributed by atoms with Gasteiger partial charge < -0.3 is 5.32 Å². The van der Waals surface area contributed by atoms with Crippen molar-refractivity contribution < 1.29 is 4.79 Å². The van der Waals surface area contributed by atoms with Gasteiger partial charge in [0.1, 0.15) is 6.54 Å². The molecule has 1 N–H and O–H groups in total. The standard InChI is InChI=1S/C21H21N3O3/c1-3-16-9-7-8-15(2)19(16)22-18(25)14-23-12-13-24(21(27)20(23)26)17-10-5-4-6-11-17/h4-13H,3,14H2,1-2H3,(H,22,25). The first-order chi connectivity index (χ1) is 13.0. The van der Waals surface area contributed by atoms with Crippen molar-refractivity contribution in [1.82, 2.24) is 9.13 Å². The summed E-state index contributed by atoms with van der Waals surface area (Å²) < 4.78 is 2.40. The second-order valence-corrected chi connectivity index (χ2v) is 6.25. The second-order valence-electron chi connectivity index (χ2n) is 6.25. The van der Waals surface area contributed by atoms with Crippen molar-refractivity contribution in [2.75, 3.05) is 5.32 Å². The number of aryl methyl sites for hydroxylation is 2. The molecule has 0 spiro atoms. The van der Waals surface area contributed by atoms with E-state index in [1.54, 1.807) is 24.3 Å². The monoisotopic (exact) mass is 363 g/mol. The molecule has 0 aliphatic heterocycles. The first-order valence-electron chi connectivity index (χ1n) is 8.77. The average molecular weight is 363 g/mol. The van der Waals surface area contributed by atoms with Gasteiger partial charge in [-0.3, -0.25) is 23.5 Å². The molecule has 1 aromatic heterocycles. The van der Waals surface area contributed by atoms with Crippen LogP contribution in [-0.4, -0.2) is 15.0 Å². The molecule has 0 bridgehead atoms. The topological polar surface area (TPSA) is 73.1 Å². The zero-order chi connectivity index (χ0) is 19.4. The Morgan fingerprint density at radius 3 is 2.41 bits per heavy atom. The van der Waals surface area contributed by atoms with Gasteiger partial charge in [0.05, 0.1) is 0 Å². The highest BCUT2D eigenvalue weighted by Gasteiger charge is 2.12. The summed E-state index contributed by atoms with van der Waals surface area (Å²) in [6.45, 7) is 3.71. The van der Waals surface area contributed by atoms with Crippen LogP contribution >= 0.6 is 0 Å².